The van der Waals surface area contributed by atoms with Gasteiger partial charge in [-0.15, -0.1) is 5.10 Å². The molecule has 10 heteroatoms. The number of anilines is 1. The van der Waals surface area contributed by atoms with Crippen LogP contribution in [0.5, 0.6) is 0 Å². The number of thiol groups is 1. The number of nitrogens with one attached hydrogen (secondary N) is 1. The van der Waals surface area contributed by atoms with Crippen LogP contribution in [0.1, 0.15) is 42.9 Å². The van der Waals surface area contributed by atoms with Crippen molar-refractivity contribution in [3.05, 3.63) is 48.0 Å². The highest BCUT2D eigenvalue weighted by atomic mass is 32.8. The van der Waals surface area contributed by atoms with Crippen LogP contribution in [0.15, 0.2) is 41.7 Å². The van der Waals surface area contributed by atoms with E-state index >= 15 is 0 Å². The number of aromatic nitrogens is 5. The van der Waals surface area contributed by atoms with Crippen molar-refractivity contribution in [2.75, 3.05) is 32.1 Å². The molecule has 1 fully saturated rings. The van der Waals surface area contributed by atoms with Gasteiger partial charge in [0, 0.05) is 41.2 Å². The molecule has 0 radical (unpaired) electrons. The standard InChI is InChI=1S/C24H32N7OPS/c1-29(2)34(32,33)19-7-8-21-18(13-19)10-12-30(21)14-16-3-5-17(6-4-16)22-23-20-9-11-25-24(20)26-15-31(23)28-27-22/h7-9,11,13,15-17,25,34H,3-6,10,12,14,33H2,1-2H3/t16-,17-. The highest BCUT2D eigenvalue weighted by Crippen LogP contribution is 2.40. The number of nitrogens with zero attached hydrogens (tertiary/aromatic N) is 6. The van der Waals surface area contributed by atoms with E-state index in [9.17, 15) is 4.21 Å². The van der Waals surface area contributed by atoms with Crippen LogP contribution in [-0.4, -0.2) is 60.5 Å². The molecule has 6 rings (SSSR count). The van der Waals surface area contributed by atoms with Crippen molar-refractivity contribution >= 4 is 40.4 Å². The summed E-state index contributed by atoms with van der Waals surface area (Å²) in [5.74, 6) is 1.14. The second kappa shape index (κ2) is 8.40. The molecule has 0 bridgehead atoms. The van der Waals surface area contributed by atoms with Crippen molar-refractivity contribution in [3.63, 3.8) is 0 Å². The molecule has 1 aromatic carbocycles. The molecule has 4 heterocycles. The van der Waals surface area contributed by atoms with Crippen molar-refractivity contribution in [1.29, 1.82) is 0 Å². The molecule has 34 heavy (non-hydrogen) atoms. The van der Waals surface area contributed by atoms with Crippen LogP contribution in [0.3, 0.4) is 0 Å². The SMILES string of the molecule is CN(C)[SH](=O)(P)c1ccc2c(c1)CCN2C[C@H]1CC[C@H](c2nnn3cnc4[nH]ccc4c23)CC1. The van der Waals surface area contributed by atoms with Gasteiger partial charge in [0.25, 0.3) is 0 Å². The Morgan fingerprint density at radius 2 is 2.03 bits per heavy atom. The summed E-state index contributed by atoms with van der Waals surface area (Å²) in [7, 11) is 3.78. The van der Waals surface area contributed by atoms with Gasteiger partial charge in [-0.3, -0.25) is 4.21 Å². The van der Waals surface area contributed by atoms with Crippen LogP contribution in [0.25, 0.3) is 16.6 Å². The first-order chi connectivity index (χ1) is 16.4. The Balaban J connectivity index is 1.14. The molecule has 4 aromatic rings. The largest absolute Gasteiger partial charge is 0.371 e. The summed E-state index contributed by atoms with van der Waals surface area (Å²) >= 11 is 0. The van der Waals surface area contributed by atoms with Gasteiger partial charge in [-0.1, -0.05) is 5.21 Å². The average molecular weight is 498 g/mol. The fraction of sp³-hybridized carbons (Fsp3) is 0.458. The molecule has 1 atom stereocenters. The molecule has 1 unspecified atom stereocenters. The van der Waals surface area contributed by atoms with Gasteiger partial charge in [-0.2, -0.15) is 0 Å². The smallest absolute Gasteiger partial charge is 0.141 e. The molecule has 0 saturated heterocycles. The van der Waals surface area contributed by atoms with Gasteiger partial charge >= 0.3 is 0 Å². The highest BCUT2D eigenvalue weighted by molar-refractivity contribution is 8.43. The third kappa shape index (κ3) is 3.65. The number of rotatable bonds is 5. The Morgan fingerprint density at radius 3 is 2.82 bits per heavy atom. The van der Waals surface area contributed by atoms with Crippen LogP contribution in [0.4, 0.5) is 5.69 Å². The minimum atomic E-state index is -2.55. The van der Waals surface area contributed by atoms with Gasteiger partial charge in [0.2, 0.25) is 0 Å². The van der Waals surface area contributed by atoms with Gasteiger partial charge in [0.1, 0.15) is 17.5 Å². The third-order valence-electron chi connectivity index (χ3n) is 7.73. The maximum Gasteiger partial charge on any atom is 0.141 e. The lowest BCUT2D eigenvalue weighted by molar-refractivity contribution is 0.325. The van der Waals surface area contributed by atoms with Gasteiger partial charge in [0.15, 0.2) is 0 Å². The molecule has 1 aliphatic heterocycles. The van der Waals surface area contributed by atoms with Gasteiger partial charge < -0.3 is 9.88 Å². The van der Waals surface area contributed by atoms with E-state index in [1.165, 1.54) is 24.1 Å². The number of benzene rings is 1. The summed E-state index contributed by atoms with van der Waals surface area (Å²) in [5.41, 5.74) is 5.76. The minimum absolute atomic E-state index is 0.449. The van der Waals surface area contributed by atoms with Crippen molar-refractivity contribution in [2.45, 2.75) is 42.9 Å². The maximum atomic E-state index is 13.0. The lowest BCUT2D eigenvalue weighted by atomic mass is 9.80. The summed E-state index contributed by atoms with van der Waals surface area (Å²) in [5, 5.41) is 10.0. The molecule has 0 spiro atoms. The topological polar surface area (TPSA) is 82.4 Å². The zero-order valence-corrected chi connectivity index (χ0v) is 21.7. The van der Waals surface area contributed by atoms with Gasteiger partial charge in [-0.05, 0) is 100 Å². The summed E-state index contributed by atoms with van der Waals surface area (Å²) < 4.78 is 16.7. The Hall–Kier alpha value is -2.35. The summed E-state index contributed by atoms with van der Waals surface area (Å²) in [6.07, 6.45) is 9.41. The molecule has 8 nitrogen and oxygen atoms in total. The second-order valence-corrected chi connectivity index (χ2v) is 14.6. The zero-order chi connectivity index (χ0) is 23.4. The molecule has 1 N–H and O–H groups in total. The van der Waals surface area contributed by atoms with Gasteiger partial charge in [-0.25, -0.2) is 13.8 Å². The first-order valence-electron chi connectivity index (χ1n) is 12.0. The fourth-order valence-electron chi connectivity index (χ4n) is 5.70. The lowest BCUT2D eigenvalue weighted by Gasteiger charge is -2.32. The van der Waals surface area contributed by atoms with E-state index in [1.54, 1.807) is 6.33 Å². The Bertz CT molecular complexity index is 1410. The molecule has 3 aromatic heterocycles. The first kappa shape index (κ1) is 22.1. The van der Waals surface area contributed by atoms with E-state index in [4.69, 9.17) is 0 Å². The minimum Gasteiger partial charge on any atom is -0.371 e. The molecule has 180 valence electrons. The van der Waals surface area contributed by atoms with E-state index in [1.807, 2.05) is 29.1 Å². The van der Waals surface area contributed by atoms with E-state index < -0.39 is 9.74 Å². The monoisotopic (exact) mass is 497 g/mol. The summed E-state index contributed by atoms with van der Waals surface area (Å²) in [6.45, 7) is 2.15. The maximum absolute atomic E-state index is 13.0. The third-order valence-corrected chi connectivity index (χ3v) is 12.2. The van der Waals surface area contributed by atoms with Crippen LogP contribution in [-0.2, 0) is 16.2 Å². The van der Waals surface area contributed by atoms with E-state index in [0.29, 0.717) is 11.8 Å². The summed E-state index contributed by atoms with van der Waals surface area (Å²) in [4.78, 5) is 11.1. The predicted molar refractivity (Wildman–Crippen MR) is 141 cm³/mol. The van der Waals surface area contributed by atoms with Crippen LogP contribution in [0, 0.1) is 5.92 Å². The van der Waals surface area contributed by atoms with Crippen molar-refractivity contribution in [3.8, 4) is 0 Å². The second-order valence-electron chi connectivity index (χ2n) is 9.95. The number of hydrogen-bond acceptors (Lipinski definition) is 5. The quantitative estimate of drug-likeness (QED) is 0.325. The van der Waals surface area contributed by atoms with E-state index in [0.717, 1.165) is 59.5 Å². The average Bonchev–Trinajstić information content (AvgIpc) is 3.57. The fourth-order valence-corrected chi connectivity index (χ4v) is 7.27. The first-order valence-corrected chi connectivity index (χ1v) is 15.3. The van der Waals surface area contributed by atoms with Crippen LogP contribution in [0.2, 0.25) is 0 Å². The predicted octanol–water partition coefficient (Wildman–Crippen LogP) is 3.58. The Morgan fingerprint density at radius 1 is 1.21 bits per heavy atom. The van der Waals surface area contributed by atoms with E-state index in [2.05, 4.69) is 57.9 Å². The van der Waals surface area contributed by atoms with Crippen molar-refractivity contribution < 1.29 is 4.21 Å². The van der Waals surface area contributed by atoms with E-state index in [-0.39, 0.29) is 0 Å². The number of aromatic amines is 1. The molecule has 1 saturated carbocycles. The molecule has 1 aliphatic carbocycles. The normalized spacial score (nSPS) is 21.6. The van der Waals surface area contributed by atoms with Crippen molar-refractivity contribution in [2.24, 2.45) is 5.92 Å². The number of hydrogen-bond donors (Lipinski definition) is 2. The van der Waals surface area contributed by atoms with Crippen LogP contribution >= 0.6 is 8.44 Å². The lowest BCUT2D eigenvalue weighted by Crippen LogP contribution is -2.30. The molecular weight excluding hydrogens is 465 g/mol. The number of H-pyrrole nitrogens is 1. The molecular formula is C24H32N7OPS. The zero-order valence-electron chi connectivity index (χ0n) is 19.7. The summed E-state index contributed by atoms with van der Waals surface area (Å²) in [6, 6.07) is 8.46. The molecule has 0 amide bonds. The Labute approximate surface area is 202 Å². The van der Waals surface area contributed by atoms with Crippen LogP contribution < -0.4 is 4.90 Å². The van der Waals surface area contributed by atoms with Crippen molar-refractivity contribution in [1.82, 2.24) is 29.1 Å². The van der Waals surface area contributed by atoms with Gasteiger partial charge in [0.05, 0.1) is 5.69 Å². The highest BCUT2D eigenvalue weighted by Gasteiger charge is 2.30. The number of fused-ring (bicyclic) bond motifs is 4. The Kier molecular flexibility index (Phi) is 5.47. The molecule has 2 aliphatic rings.